The van der Waals surface area contributed by atoms with Gasteiger partial charge in [-0.1, -0.05) is 205 Å². The summed E-state index contributed by atoms with van der Waals surface area (Å²) in [5.74, 6) is 1.80. The van der Waals surface area contributed by atoms with Crippen molar-refractivity contribution in [1.82, 2.24) is 0 Å². The fourth-order valence-electron chi connectivity index (χ4n) is 12.3. The Hall–Kier alpha value is -7.22. The lowest BCUT2D eigenvalue weighted by atomic mass is 9.77. The number of rotatable bonds is 4. The Kier molecular flexibility index (Phi) is 7.76. The number of furan rings is 1. The van der Waals surface area contributed by atoms with Crippen LogP contribution in [0.4, 0.5) is 0 Å². The van der Waals surface area contributed by atoms with Gasteiger partial charge in [-0.3, -0.25) is 0 Å². The molecule has 1 heterocycles. The number of benzene rings is 9. The van der Waals surface area contributed by atoms with Crippen molar-refractivity contribution in [3.63, 3.8) is 0 Å². The molecule has 0 saturated carbocycles. The van der Waals surface area contributed by atoms with Crippen LogP contribution in [0.25, 0.3) is 99.8 Å². The first-order valence-corrected chi connectivity index (χ1v) is 23.3. The van der Waals surface area contributed by atoms with Crippen LogP contribution in [-0.2, 0) is 16.2 Å². The van der Waals surface area contributed by atoms with Crippen LogP contribution in [0.15, 0.2) is 180 Å². The Bertz CT molecular complexity index is 3670. The fraction of sp³-hybridized carbons (Fsp3) is 0.156. The Morgan fingerprint density at radius 2 is 0.862 bits per heavy atom. The molecule has 0 bridgehead atoms. The molecule has 0 atom stereocenters. The first kappa shape index (κ1) is 38.3. The lowest BCUT2D eigenvalue weighted by molar-refractivity contribution is 0.598. The number of hydrogen-bond donors (Lipinski definition) is 0. The zero-order valence-corrected chi connectivity index (χ0v) is 38.2. The SMILES string of the molecule is Cc1ccc2c(c1)C(C)(C)c1cc(-c3oc(-c4ccc5c(c4)C(C)(C)c4cc6c(cc4-5)-c4c(ccc5ccccc45)C6(C)C)c(-c4ccccc4)c3-c3ccccc3)c3ccccc3c1-2. The van der Waals surface area contributed by atoms with Gasteiger partial charge >= 0.3 is 0 Å². The minimum absolute atomic E-state index is 0.110. The molecule has 0 saturated heterocycles. The molecule has 1 aromatic heterocycles. The van der Waals surface area contributed by atoms with Crippen molar-refractivity contribution in [2.75, 3.05) is 0 Å². The summed E-state index contributed by atoms with van der Waals surface area (Å²) in [4.78, 5) is 0. The molecule has 0 radical (unpaired) electrons. The fourth-order valence-corrected chi connectivity index (χ4v) is 12.3. The molecule has 0 amide bonds. The third kappa shape index (κ3) is 5.16. The van der Waals surface area contributed by atoms with E-state index in [-0.39, 0.29) is 16.2 Å². The van der Waals surface area contributed by atoms with Crippen LogP contribution < -0.4 is 0 Å². The average Bonchev–Trinajstić information content (AvgIpc) is 3.97. The van der Waals surface area contributed by atoms with E-state index in [1.807, 2.05) is 0 Å². The molecule has 9 aromatic carbocycles. The smallest absolute Gasteiger partial charge is 0.143 e. The number of aryl methyl sites for hydroxylation is 1. The molecule has 13 rings (SSSR count). The average molecular weight is 835 g/mol. The van der Waals surface area contributed by atoms with Crippen molar-refractivity contribution in [3.8, 4) is 78.3 Å². The minimum Gasteiger partial charge on any atom is -0.455 e. The van der Waals surface area contributed by atoms with Gasteiger partial charge < -0.3 is 4.42 Å². The first-order chi connectivity index (χ1) is 31.4. The summed E-state index contributed by atoms with van der Waals surface area (Å²) in [5.41, 5.74) is 23.8. The molecular formula is C64H50O. The molecule has 3 aliphatic rings. The summed E-state index contributed by atoms with van der Waals surface area (Å²) in [6.45, 7) is 16.6. The molecule has 0 spiro atoms. The van der Waals surface area contributed by atoms with Crippen molar-refractivity contribution in [1.29, 1.82) is 0 Å². The van der Waals surface area contributed by atoms with Gasteiger partial charge in [0.2, 0.25) is 0 Å². The summed E-state index contributed by atoms with van der Waals surface area (Å²) >= 11 is 0. The van der Waals surface area contributed by atoms with E-state index in [0.717, 1.165) is 44.9 Å². The maximum atomic E-state index is 7.64. The monoisotopic (exact) mass is 834 g/mol. The summed E-state index contributed by atoms with van der Waals surface area (Å²) in [6, 6.07) is 66.0. The lowest BCUT2D eigenvalue weighted by Crippen LogP contribution is -2.18. The van der Waals surface area contributed by atoms with Gasteiger partial charge in [0.25, 0.3) is 0 Å². The van der Waals surface area contributed by atoms with Crippen molar-refractivity contribution >= 4 is 21.5 Å². The van der Waals surface area contributed by atoms with Gasteiger partial charge in [0.15, 0.2) is 0 Å². The molecule has 0 fully saturated rings. The van der Waals surface area contributed by atoms with Crippen molar-refractivity contribution in [3.05, 3.63) is 215 Å². The van der Waals surface area contributed by atoms with E-state index in [9.17, 15) is 0 Å². The maximum absolute atomic E-state index is 7.64. The molecular weight excluding hydrogens is 785 g/mol. The van der Waals surface area contributed by atoms with Gasteiger partial charge in [-0.05, 0) is 125 Å². The summed E-state index contributed by atoms with van der Waals surface area (Å²) in [6.07, 6.45) is 0. The molecule has 312 valence electrons. The van der Waals surface area contributed by atoms with E-state index in [4.69, 9.17) is 4.42 Å². The van der Waals surface area contributed by atoms with E-state index >= 15 is 0 Å². The third-order valence-electron chi connectivity index (χ3n) is 15.7. The third-order valence-corrected chi connectivity index (χ3v) is 15.7. The highest BCUT2D eigenvalue weighted by molar-refractivity contribution is 6.12. The highest BCUT2D eigenvalue weighted by Gasteiger charge is 2.43. The maximum Gasteiger partial charge on any atom is 0.143 e. The highest BCUT2D eigenvalue weighted by Crippen LogP contribution is 2.60. The van der Waals surface area contributed by atoms with Gasteiger partial charge in [-0.25, -0.2) is 0 Å². The number of hydrogen-bond acceptors (Lipinski definition) is 1. The van der Waals surface area contributed by atoms with Crippen LogP contribution >= 0.6 is 0 Å². The zero-order valence-electron chi connectivity index (χ0n) is 38.2. The highest BCUT2D eigenvalue weighted by atomic mass is 16.3. The van der Waals surface area contributed by atoms with Crippen LogP contribution in [0.1, 0.15) is 80.5 Å². The predicted molar refractivity (Wildman–Crippen MR) is 273 cm³/mol. The van der Waals surface area contributed by atoms with E-state index < -0.39 is 0 Å². The lowest BCUT2D eigenvalue weighted by Gasteiger charge is -2.26. The number of fused-ring (bicyclic) bond motifs is 13. The molecule has 1 heteroatoms. The molecule has 1 nitrogen and oxygen atoms in total. The van der Waals surface area contributed by atoms with Gasteiger partial charge in [-0.15, -0.1) is 0 Å². The molecule has 10 aromatic rings. The van der Waals surface area contributed by atoms with Crippen LogP contribution in [-0.4, -0.2) is 0 Å². The molecule has 3 aliphatic carbocycles. The summed E-state index contributed by atoms with van der Waals surface area (Å²) in [5, 5.41) is 5.08. The first-order valence-electron chi connectivity index (χ1n) is 23.3. The van der Waals surface area contributed by atoms with Crippen LogP contribution in [0, 0.1) is 6.92 Å². The minimum atomic E-state index is -0.234. The second-order valence-electron chi connectivity index (χ2n) is 20.5. The van der Waals surface area contributed by atoms with Gasteiger partial charge in [0.05, 0.1) is 0 Å². The Balaban J connectivity index is 1.06. The van der Waals surface area contributed by atoms with Gasteiger partial charge in [-0.2, -0.15) is 0 Å². The standard InChI is InChI=1S/C64H50O/c1-37-26-29-46-51(32-37)64(6,7)55-35-48(43-24-16-17-25-45(43)59(46)55)61-57(40-21-12-9-13-22-40)56(39-19-10-8-11-20-39)60(65-61)41-27-30-44-47-34-49-54(36-53(47)63(4,5)52(44)33-41)62(2,3)50-31-28-38-18-14-15-23-42(38)58(49)50/h8-36H,1-7H3. The second kappa shape index (κ2) is 13.2. The van der Waals surface area contributed by atoms with Crippen LogP contribution in [0.2, 0.25) is 0 Å². The normalized spacial score (nSPS) is 15.4. The largest absolute Gasteiger partial charge is 0.455 e. The van der Waals surface area contributed by atoms with E-state index in [2.05, 4.69) is 224 Å². The molecule has 0 unspecified atom stereocenters. The topological polar surface area (TPSA) is 13.1 Å². The van der Waals surface area contributed by atoms with Crippen molar-refractivity contribution < 1.29 is 4.42 Å². The second-order valence-corrected chi connectivity index (χ2v) is 20.5. The Morgan fingerprint density at radius 3 is 1.60 bits per heavy atom. The summed E-state index contributed by atoms with van der Waals surface area (Å²) in [7, 11) is 0. The van der Waals surface area contributed by atoms with Gasteiger partial charge in [0, 0.05) is 38.5 Å². The van der Waals surface area contributed by atoms with E-state index in [1.165, 1.54) is 93.9 Å². The van der Waals surface area contributed by atoms with Crippen LogP contribution in [0.3, 0.4) is 0 Å². The van der Waals surface area contributed by atoms with Gasteiger partial charge in [0.1, 0.15) is 11.5 Å². The molecule has 0 N–H and O–H groups in total. The molecule has 0 aliphatic heterocycles. The van der Waals surface area contributed by atoms with Crippen molar-refractivity contribution in [2.45, 2.75) is 64.7 Å². The Labute approximate surface area is 382 Å². The van der Waals surface area contributed by atoms with Crippen molar-refractivity contribution in [2.24, 2.45) is 0 Å². The Morgan fingerprint density at radius 1 is 0.308 bits per heavy atom. The van der Waals surface area contributed by atoms with E-state index in [0.29, 0.717) is 0 Å². The van der Waals surface area contributed by atoms with E-state index in [1.54, 1.807) is 0 Å². The summed E-state index contributed by atoms with van der Waals surface area (Å²) < 4.78 is 7.64. The predicted octanol–water partition coefficient (Wildman–Crippen LogP) is 17.5. The van der Waals surface area contributed by atoms with Crippen LogP contribution in [0.5, 0.6) is 0 Å². The quantitative estimate of drug-likeness (QED) is 0.172. The molecule has 65 heavy (non-hydrogen) atoms. The zero-order chi connectivity index (χ0) is 44.1.